The average Bonchev–Trinajstić information content (AvgIpc) is 3.10. The summed E-state index contributed by atoms with van der Waals surface area (Å²) >= 11 is 0. The fraction of sp³-hybridized carbons (Fsp3) is 0.542. The number of carbonyl (C=O) groups excluding carboxylic acids is 1. The summed E-state index contributed by atoms with van der Waals surface area (Å²) in [5.74, 6) is 0.755. The zero-order chi connectivity index (χ0) is 20.7. The second-order valence-corrected chi connectivity index (χ2v) is 10.1. The third-order valence-corrected chi connectivity index (χ3v) is 7.54. The molecular weight excluding hydrogens is 361 g/mol. The zero-order valence-electron chi connectivity index (χ0n) is 18.3. The first kappa shape index (κ1) is 19.1. The predicted octanol–water partition coefficient (Wildman–Crippen LogP) is 4.80. The van der Waals surface area contributed by atoms with E-state index in [1.807, 2.05) is 6.07 Å². The van der Waals surface area contributed by atoms with Crippen molar-refractivity contribution in [2.24, 2.45) is 5.92 Å². The van der Waals surface area contributed by atoms with Crippen molar-refractivity contribution in [2.45, 2.75) is 77.5 Å². The van der Waals surface area contributed by atoms with Crippen LogP contribution in [-0.2, 0) is 14.1 Å². The molecule has 152 valence electrons. The lowest BCUT2D eigenvalue weighted by Crippen LogP contribution is -2.46. The monoisotopic (exact) mass is 391 g/mol. The maximum Gasteiger partial charge on any atom is 0.494 e. The van der Waals surface area contributed by atoms with E-state index >= 15 is 0 Å². The molecule has 3 heterocycles. The molecule has 0 bridgehead atoms. The van der Waals surface area contributed by atoms with Gasteiger partial charge in [-0.05, 0) is 62.7 Å². The molecule has 4 nitrogen and oxygen atoms in total. The number of benzene rings is 1. The van der Waals surface area contributed by atoms with E-state index in [1.54, 1.807) is 0 Å². The molecule has 4 aliphatic rings. The topological polar surface area (TPSA) is 38.8 Å². The Hall–Kier alpha value is -1.85. The fourth-order valence-electron chi connectivity index (χ4n) is 5.45. The van der Waals surface area contributed by atoms with Crippen LogP contribution in [0.25, 0.3) is 0 Å². The van der Waals surface area contributed by atoms with Crippen LogP contribution in [0.3, 0.4) is 0 Å². The standard InChI is InChI=1S/C24H30BNO3/c1-14(2)20-17(25-28-23(3,4)24(5,6)29-25)13-15-11-12-19(27)26-18-10-8-7-9-16(18)21(20)22(15)26/h7-10,13-14,21-22H,11-12H2,1-6H3/t21-,22+/m1/s1. The summed E-state index contributed by atoms with van der Waals surface area (Å²) in [5.41, 5.74) is 5.44. The van der Waals surface area contributed by atoms with Gasteiger partial charge in [0.2, 0.25) is 5.91 Å². The molecule has 0 unspecified atom stereocenters. The van der Waals surface area contributed by atoms with Gasteiger partial charge in [-0.3, -0.25) is 4.79 Å². The highest BCUT2D eigenvalue weighted by Crippen LogP contribution is 2.55. The summed E-state index contributed by atoms with van der Waals surface area (Å²) in [6, 6.07) is 8.53. The second-order valence-electron chi connectivity index (χ2n) is 10.1. The zero-order valence-corrected chi connectivity index (χ0v) is 18.3. The van der Waals surface area contributed by atoms with E-state index in [0.29, 0.717) is 12.3 Å². The van der Waals surface area contributed by atoms with Gasteiger partial charge in [0.15, 0.2) is 0 Å². The minimum Gasteiger partial charge on any atom is -0.399 e. The van der Waals surface area contributed by atoms with E-state index < -0.39 is 0 Å². The van der Waals surface area contributed by atoms with Gasteiger partial charge in [0.05, 0.1) is 17.2 Å². The number of hydrogen-bond donors (Lipinski definition) is 0. The normalized spacial score (nSPS) is 29.3. The molecular formula is C24H30BNO3. The van der Waals surface area contributed by atoms with Crippen LogP contribution in [0, 0.1) is 5.92 Å². The summed E-state index contributed by atoms with van der Waals surface area (Å²) in [6.07, 6.45) is 3.68. The van der Waals surface area contributed by atoms with E-state index in [4.69, 9.17) is 9.31 Å². The molecule has 1 aromatic rings. The largest absolute Gasteiger partial charge is 0.494 e. The van der Waals surface area contributed by atoms with Gasteiger partial charge < -0.3 is 14.2 Å². The van der Waals surface area contributed by atoms with Crippen LogP contribution < -0.4 is 4.90 Å². The van der Waals surface area contributed by atoms with E-state index in [0.717, 1.165) is 12.1 Å². The van der Waals surface area contributed by atoms with Gasteiger partial charge in [0.1, 0.15) is 0 Å². The lowest BCUT2D eigenvalue weighted by Gasteiger charge is -2.40. The van der Waals surface area contributed by atoms with E-state index in [2.05, 4.69) is 70.7 Å². The number of amides is 1. The van der Waals surface area contributed by atoms with Crippen molar-refractivity contribution >= 4 is 18.7 Å². The number of allylic oxidation sites excluding steroid dienone is 2. The molecule has 5 heteroatoms. The summed E-state index contributed by atoms with van der Waals surface area (Å²) < 4.78 is 12.9. The molecule has 0 aromatic heterocycles. The smallest absolute Gasteiger partial charge is 0.399 e. The Morgan fingerprint density at radius 1 is 1.07 bits per heavy atom. The minimum absolute atomic E-state index is 0.109. The summed E-state index contributed by atoms with van der Waals surface area (Å²) in [7, 11) is -0.371. The van der Waals surface area contributed by atoms with Gasteiger partial charge in [-0.1, -0.05) is 43.7 Å². The molecule has 0 radical (unpaired) electrons. The number of hydrogen-bond acceptors (Lipinski definition) is 3. The molecule has 1 aromatic carbocycles. The van der Waals surface area contributed by atoms with E-state index in [-0.39, 0.29) is 36.2 Å². The number of nitrogens with zero attached hydrogens (tertiary/aromatic N) is 1. The summed E-state index contributed by atoms with van der Waals surface area (Å²) in [4.78, 5) is 14.9. The third-order valence-electron chi connectivity index (χ3n) is 7.54. The molecule has 3 aliphatic heterocycles. The molecule has 5 rings (SSSR count). The van der Waals surface area contributed by atoms with Gasteiger partial charge in [-0.15, -0.1) is 0 Å². The Labute approximate surface area is 174 Å². The van der Waals surface area contributed by atoms with Gasteiger partial charge in [0, 0.05) is 18.0 Å². The molecule has 2 fully saturated rings. The lowest BCUT2D eigenvalue weighted by atomic mass is 9.62. The number of carbonyl (C=O) groups is 1. The van der Waals surface area contributed by atoms with Crippen molar-refractivity contribution in [3.05, 3.63) is 52.5 Å². The quantitative estimate of drug-likeness (QED) is 0.680. The van der Waals surface area contributed by atoms with Crippen LogP contribution in [0.1, 0.15) is 65.9 Å². The van der Waals surface area contributed by atoms with Crippen molar-refractivity contribution in [3.63, 3.8) is 0 Å². The van der Waals surface area contributed by atoms with Crippen LogP contribution in [0.15, 0.2) is 47.0 Å². The van der Waals surface area contributed by atoms with E-state index in [9.17, 15) is 4.79 Å². The highest BCUT2D eigenvalue weighted by atomic mass is 16.7. The van der Waals surface area contributed by atoms with Crippen LogP contribution >= 0.6 is 0 Å². The molecule has 1 aliphatic carbocycles. The van der Waals surface area contributed by atoms with Gasteiger partial charge in [-0.25, -0.2) is 0 Å². The van der Waals surface area contributed by atoms with E-state index in [1.165, 1.54) is 22.2 Å². The SMILES string of the molecule is CC(C)C1=C(B2OC(C)(C)C(C)(C)O2)C=C2CCC(=O)N3c4ccccc4[C@H]1[C@H]23. The van der Waals surface area contributed by atoms with Crippen molar-refractivity contribution < 1.29 is 14.1 Å². The number of piperidine rings is 1. The lowest BCUT2D eigenvalue weighted by molar-refractivity contribution is -0.119. The molecule has 0 spiro atoms. The maximum atomic E-state index is 12.9. The third kappa shape index (κ3) is 2.56. The first-order chi connectivity index (χ1) is 13.6. The molecule has 0 saturated carbocycles. The molecule has 2 atom stereocenters. The summed E-state index contributed by atoms with van der Waals surface area (Å²) in [6.45, 7) is 12.9. The van der Waals surface area contributed by atoms with Gasteiger partial charge in [-0.2, -0.15) is 0 Å². The Bertz CT molecular complexity index is 943. The average molecular weight is 391 g/mol. The number of fused-ring (bicyclic) bond motifs is 3. The van der Waals surface area contributed by atoms with Gasteiger partial charge in [0.25, 0.3) is 0 Å². The summed E-state index contributed by atoms with van der Waals surface area (Å²) in [5, 5.41) is 0. The molecule has 1 amide bonds. The second kappa shape index (κ2) is 6.08. The first-order valence-electron chi connectivity index (χ1n) is 10.8. The van der Waals surface area contributed by atoms with Crippen LogP contribution in [0.5, 0.6) is 0 Å². The maximum absolute atomic E-state index is 12.9. The van der Waals surface area contributed by atoms with Crippen molar-refractivity contribution in [1.29, 1.82) is 0 Å². The highest BCUT2D eigenvalue weighted by molar-refractivity contribution is 6.56. The van der Waals surface area contributed by atoms with Crippen LogP contribution in [0.4, 0.5) is 5.69 Å². The number of rotatable bonds is 2. The highest BCUT2D eigenvalue weighted by Gasteiger charge is 2.56. The predicted molar refractivity (Wildman–Crippen MR) is 116 cm³/mol. The van der Waals surface area contributed by atoms with Crippen LogP contribution in [-0.4, -0.2) is 30.3 Å². The minimum atomic E-state index is -0.371. The fourth-order valence-corrected chi connectivity index (χ4v) is 5.45. The molecule has 2 saturated heterocycles. The van der Waals surface area contributed by atoms with Gasteiger partial charge >= 0.3 is 7.12 Å². The molecule has 29 heavy (non-hydrogen) atoms. The van der Waals surface area contributed by atoms with Crippen molar-refractivity contribution in [2.75, 3.05) is 4.90 Å². The Kier molecular flexibility index (Phi) is 4.02. The Morgan fingerprint density at radius 3 is 2.38 bits per heavy atom. The van der Waals surface area contributed by atoms with Crippen molar-refractivity contribution in [1.82, 2.24) is 0 Å². The van der Waals surface area contributed by atoms with Crippen molar-refractivity contribution in [3.8, 4) is 0 Å². The first-order valence-corrected chi connectivity index (χ1v) is 10.8. The number of para-hydroxylation sites is 1. The Balaban J connectivity index is 1.70. The number of anilines is 1. The van der Waals surface area contributed by atoms with Crippen LogP contribution in [0.2, 0.25) is 0 Å². The molecule has 0 N–H and O–H groups in total. The Morgan fingerprint density at radius 2 is 1.72 bits per heavy atom.